The van der Waals surface area contributed by atoms with Crippen LogP contribution in [0, 0.1) is 0 Å². The lowest BCUT2D eigenvalue weighted by atomic mass is 9.97. The van der Waals surface area contributed by atoms with Crippen LogP contribution in [0.5, 0.6) is 0 Å². The molecule has 2 rings (SSSR count). The van der Waals surface area contributed by atoms with E-state index in [-0.39, 0.29) is 12.0 Å². The molecule has 4 nitrogen and oxygen atoms in total. The van der Waals surface area contributed by atoms with Gasteiger partial charge in [0.15, 0.2) is 0 Å². The fraction of sp³-hybridized carbons (Fsp3) is 0.846. The maximum Gasteiger partial charge on any atom is 0.220 e. The molecular formula is C13H22N2O2S. The van der Waals surface area contributed by atoms with Gasteiger partial charge in [-0.2, -0.15) is 0 Å². The maximum atomic E-state index is 12.0. The van der Waals surface area contributed by atoms with Crippen LogP contribution in [0.3, 0.4) is 0 Å². The van der Waals surface area contributed by atoms with E-state index >= 15 is 0 Å². The molecule has 2 aliphatic rings. The number of rotatable bonds is 5. The van der Waals surface area contributed by atoms with Gasteiger partial charge in [0.05, 0.1) is 16.6 Å². The molecule has 3 N–H and O–H groups in total. The van der Waals surface area contributed by atoms with E-state index in [0.717, 1.165) is 51.6 Å². The molecule has 1 saturated carbocycles. The number of ether oxygens (including phenoxy) is 1. The summed E-state index contributed by atoms with van der Waals surface area (Å²) in [6.45, 7) is 0.836. The first kappa shape index (κ1) is 13.7. The summed E-state index contributed by atoms with van der Waals surface area (Å²) in [5.74, 6) is 0.0557. The Morgan fingerprint density at radius 2 is 2.11 bits per heavy atom. The molecule has 5 heteroatoms. The number of nitrogens with one attached hydrogen (secondary N) is 1. The van der Waals surface area contributed by atoms with Crippen molar-refractivity contribution in [3.05, 3.63) is 0 Å². The first-order valence-corrected chi connectivity index (χ1v) is 7.26. The Balaban J connectivity index is 1.80. The predicted octanol–water partition coefficient (Wildman–Crippen LogP) is 1.66. The summed E-state index contributed by atoms with van der Waals surface area (Å²) in [4.78, 5) is 12.4. The summed E-state index contributed by atoms with van der Waals surface area (Å²) in [5, 5.41) is 3.06. The van der Waals surface area contributed by atoms with Crippen LogP contribution >= 0.6 is 12.2 Å². The zero-order valence-electron chi connectivity index (χ0n) is 10.7. The lowest BCUT2D eigenvalue weighted by Crippen LogP contribution is -2.54. The van der Waals surface area contributed by atoms with Crippen LogP contribution in [0.25, 0.3) is 0 Å². The van der Waals surface area contributed by atoms with Crippen LogP contribution in [-0.2, 0) is 9.53 Å². The van der Waals surface area contributed by atoms with Gasteiger partial charge in [-0.25, -0.2) is 0 Å². The standard InChI is InChI=1S/C13H22N2O2S/c14-12(18)13(7-1-2-8-13)15-11(16)6-5-10-4-3-9-17-10/h10H,1-9H2,(H2,14,18)(H,15,16). The second kappa shape index (κ2) is 5.97. The van der Waals surface area contributed by atoms with Gasteiger partial charge in [0.25, 0.3) is 0 Å². The van der Waals surface area contributed by atoms with Crippen molar-refractivity contribution in [2.75, 3.05) is 6.61 Å². The Kier molecular flexibility index (Phi) is 4.56. The van der Waals surface area contributed by atoms with Crippen LogP contribution in [-0.4, -0.2) is 29.1 Å². The van der Waals surface area contributed by atoms with Crippen LogP contribution in [0.15, 0.2) is 0 Å². The first-order chi connectivity index (χ1) is 8.62. The van der Waals surface area contributed by atoms with Crippen molar-refractivity contribution in [3.63, 3.8) is 0 Å². The average molecular weight is 270 g/mol. The van der Waals surface area contributed by atoms with Crippen molar-refractivity contribution in [2.45, 2.75) is 63.0 Å². The molecular weight excluding hydrogens is 248 g/mol. The van der Waals surface area contributed by atoms with Crippen LogP contribution in [0.4, 0.5) is 0 Å². The highest BCUT2D eigenvalue weighted by Gasteiger charge is 2.38. The summed E-state index contributed by atoms with van der Waals surface area (Å²) in [6.07, 6.45) is 7.71. The Labute approximate surface area is 114 Å². The van der Waals surface area contributed by atoms with Crippen molar-refractivity contribution < 1.29 is 9.53 Å². The summed E-state index contributed by atoms with van der Waals surface area (Å²) >= 11 is 5.12. The highest BCUT2D eigenvalue weighted by Crippen LogP contribution is 2.30. The largest absolute Gasteiger partial charge is 0.391 e. The molecule has 102 valence electrons. The second-order valence-electron chi connectivity index (χ2n) is 5.38. The van der Waals surface area contributed by atoms with E-state index < -0.39 is 5.54 Å². The van der Waals surface area contributed by atoms with Gasteiger partial charge < -0.3 is 15.8 Å². The lowest BCUT2D eigenvalue weighted by Gasteiger charge is -2.29. The van der Waals surface area contributed by atoms with Gasteiger partial charge in [0, 0.05) is 13.0 Å². The summed E-state index contributed by atoms with van der Waals surface area (Å²) in [6, 6.07) is 0. The molecule has 0 aromatic heterocycles. The number of nitrogens with two attached hydrogens (primary N) is 1. The summed E-state index contributed by atoms with van der Waals surface area (Å²) < 4.78 is 5.52. The Morgan fingerprint density at radius 3 is 2.67 bits per heavy atom. The molecule has 1 saturated heterocycles. The van der Waals surface area contributed by atoms with Gasteiger partial charge in [-0.15, -0.1) is 0 Å². The minimum Gasteiger partial charge on any atom is -0.391 e. The van der Waals surface area contributed by atoms with E-state index in [9.17, 15) is 4.79 Å². The number of hydrogen-bond donors (Lipinski definition) is 2. The smallest absolute Gasteiger partial charge is 0.220 e. The van der Waals surface area contributed by atoms with Gasteiger partial charge in [-0.05, 0) is 32.1 Å². The molecule has 18 heavy (non-hydrogen) atoms. The Bertz CT molecular complexity index is 321. The molecule has 1 aliphatic heterocycles. The highest BCUT2D eigenvalue weighted by molar-refractivity contribution is 7.80. The molecule has 1 aliphatic carbocycles. The van der Waals surface area contributed by atoms with Crippen LogP contribution < -0.4 is 11.1 Å². The predicted molar refractivity (Wildman–Crippen MR) is 74.3 cm³/mol. The molecule has 0 radical (unpaired) electrons. The van der Waals surface area contributed by atoms with Gasteiger partial charge in [-0.3, -0.25) is 4.79 Å². The third-order valence-electron chi connectivity index (χ3n) is 4.02. The zero-order chi connectivity index (χ0) is 13.0. The number of carbonyl (C=O) groups excluding carboxylic acids is 1. The fourth-order valence-corrected chi connectivity index (χ4v) is 3.16. The van der Waals surface area contributed by atoms with Crippen molar-refractivity contribution in [1.82, 2.24) is 5.32 Å². The monoisotopic (exact) mass is 270 g/mol. The molecule has 0 aromatic rings. The van der Waals surface area contributed by atoms with Crippen molar-refractivity contribution in [3.8, 4) is 0 Å². The van der Waals surface area contributed by atoms with Crippen LogP contribution in [0.2, 0.25) is 0 Å². The van der Waals surface area contributed by atoms with E-state index in [0.29, 0.717) is 11.4 Å². The molecule has 1 unspecified atom stereocenters. The quantitative estimate of drug-likeness (QED) is 0.746. The number of carbonyl (C=O) groups is 1. The molecule has 2 fully saturated rings. The lowest BCUT2D eigenvalue weighted by molar-refractivity contribution is -0.122. The van der Waals surface area contributed by atoms with E-state index in [1.54, 1.807) is 0 Å². The number of thiocarbonyl (C=S) groups is 1. The molecule has 0 bridgehead atoms. The van der Waals surface area contributed by atoms with E-state index in [1.165, 1.54) is 0 Å². The number of hydrogen-bond acceptors (Lipinski definition) is 3. The number of amides is 1. The van der Waals surface area contributed by atoms with Crippen molar-refractivity contribution >= 4 is 23.1 Å². The molecule has 0 spiro atoms. The van der Waals surface area contributed by atoms with Crippen LogP contribution in [0.1, 0.15) is 51.4 Å². The third kappa shape index (κ3) is 3.20. The Morgan fingerprint density at radius 1 is 1.39 bits per heavy atom. The fourth-order valence-electron chi connectivity index (χ4n) is 2.91. The normalized spacial score (nSPS) is 26.1. The maximum absolute atomic E-state index is 12.0. The molecule has 1 heterocycles. The zero-order valence-corrected chi connectivity index (χ0v) is 11.6. The van der Waals surface area contributed by atoms with Crippen molar-refractivity contribution in [2.24, 2.45) is 5.73 Å². The molecule has 1 atom stereocenters. The second-order valence-corrected chi connectivity index (χ2v) is 5.82. The SMILES string of the molecule is NC(=S)C1(NC(=O)CCC2CCCO2)CCCC1. The van der Waals surface area contributed by atoms with E-state index in [1.807, 2.05) is 0 Å². The topological polar surface area (TPSA) is 64.3 Å². The van der Waals surface area contributed by atoms with Crippen molar-refractivity contribution in [1.29, 1.82) is 0 Å². The molecule has 1 amide bonds. The van der Waals surface area contributed by atoms with Gasteiger partial charge >= 0.3 is 0 Å². The summed E-state index contributed by atoms with van der Waals surface area (Å²) in [7, 11) is 0. The third-order valence-corrected chi connectivity index (χ3v) is 4.42. The van der Waals surface area contributed by atoms with Gasteiger partial charge in [0.1, 0.15) is 0 Å². The first-order valence-electron chi connectivity index (χ1n) is 6.85. The Hall–Kier alpha value is -0.680. The average Bonchev–Trinajstić information content (AvgIpc) is 2.97. The van der Waals surface area contributed by atoms with E-state index in [2.05, 4.69) is 5.32 Å². The summed E-state index contributed by atoms with van der Waals surface area (Å²) in [5.41, 5.74) is 5.38. The minimum atomic E-state index is -0.414. The highest BCUT2D eigenvalue weighted by atomic mass is 32.1. The minimum absolute atomic E-state index is 0.0557. The van der Waals surface area contributed by atoms with E-state index in [4.69, 9.17) is 22.7 Å². The molecule has 0 aromatic carbocycles. The van der Waals surface area contributed by atoms with Gasteiger partial charge in [0.2, 0.25) is 5.91 Å². The van der Waals surface area contributed by atoms with Gasteiger partial charge in [-0.1, -0.05) is 25.1 Å².